The highest BCUT2D eigenvalue weighted by Gasteiger charge is 2.28. The molecule has 1 heterocycles. The van der Waals surface area contributed by atoms with Crippen LogP contribution in [0.4, 0.5) is 0 Å². The van der Waals surface area contributed by atoms with Crippen molar-refractivity contribution in [3.8, 4) is 11.5 Å². The Labute approximate surface area is 132 Å². The second kappa shape index (κ2) is 5.84. The van der Waals surface area contributed by atoms with Gasteiger partial charge in [0.1, 0.15) is 17.2 Å². The molecule has 0 saturated heterocycles. The average Bonchev–Trinajstić information content (AvgIpc) is 2.79. The first-order valence-corrected chi connectivity index (χ1v) is 6.97. The molecule has 6 heteroatoms. The summed E-state index contributed by atoms with van der Waals surface area (Å²) >= 11 is 0. The summed E-state index contributed by atoms with van der Waals surface area (Å²) in [7, 11) is 0. The predicted molar refractivity (Wildman–Crippen MR) is 86.4 cm³/mol. The number of aliphatic imine (C=N–C) groups is 1. The minimum absolute atomic E-state index is 0.133. The Kier molecular flexibility index (Phi) is 3.72. The topological polar surface area (TPSA) is 99.2 Å². The molecule has 0 bridgehead atoms. The number of guanidine groups is 1. The molecule has 0 aliphatic carbocycles. The molecule has 3 rings (SSSR count). The van der Waals surface area contributed by atoms with Gasteiger partial charge in [0, 0.05) is 0 Å². The fraction of sp³-hybridized carbons (Fsp3) is 0.0588. The SMILES string of the molecule is NC1=N/C(=C/c2ccc(O)cc2)C(=O)N1Cc1ccc(O)cc1. The molecular formula is C17H15N3O3. The first-order valence-electron chi connectivity index (χ1n) is 6.97. The highest BCUT2D eigenvalue weighted by molar-refractivity contribution is 6.13. The van der Waals surface area contributed by atoms with Crippen molar-refractivity contribution < 1.29 is 15.0 Å². The molecule has 0 saturated carbocycles. The van der Waals surface area contributed by atoms with Crippen LogP contribution in [0.15, 0.2) is 59.2 Å². The second-order valence-corrected chi connectivity index (χ2v) is 5.15. The van der Waals surface area contributed by atoms with Gasteiger partial charge in [-0.3, -0.25) is 9.69 Å². The van der Waals surface area contributed by atoms with Crippen molar-refractivity contribution in [1.29, 1.82) is 0 Å². The maximum atomic E-state index is 12.4. The van der Waals surface area contributed by atoms with Crippen LogP contribution in [-0.2, 0) is 11.3 Å². The standard InChI is InChI=1S/C17H15N3O3/c18-17-19-15(9-11-1-5-13(21)6-2-11)16(23)20(17)10-12-3-7-14(22)8-4-12/h1-9,21-22H,10H2,(H2,18,19)/b15-9+. The molecular weight excluding hydrogens is 294 g/mol. The van der Waals surface area contributed by atoms with Crippen molar-refractivity contribution in [3.63, 3.8) is 0 Å². The van der Waals surface area contributed by atoms with Crippen LogP contribution < -0.4 is 5.73 Å². The summed E-state index contributed by atoms with van der Waals surface area (Å²) in [6.07, 6.45) is 1.62. The van der Waals surface area contributed by atoms with Crippen molar-refractivity contribution >= 4 is 17.9 Å². The third-order valence-electron chi connectivity index (χ3n) is 3.45. The van der Waals surface area contributed by atoms with Gasteiger partial charge in [0.15, 0.2) is 0 Å². The number of phenolic OH excluding ortho intramolecular Hbond substituents is 2. The summed E-state index contributed by atoms with van der Waals surface area (Å²) in [5.41, 5.74) is 7.66. The zero-order chi connectivity index (χ0) is 16.4. The van der Waals surface area contributed by atoms with Crippen LogP contribution in [0.25, 0.3) is 6.08 Å². The Morgan fingerprint density at radius 3 is 2.17 bits per heavy atom. The normalized spacial score (nSPS) is 16.0. The fourth-order valence-electron chi connectivity index (χ4n) is 2.23. The Hall–Kier alpha value is -3.28. The molecule has 0 fully saturated rings. The summed E-state index contributed by atoms with van der Waals surface area (Å²) in [5.74, 6) is 0.162. The maximum absolute atomic E-state index is 12.4. The molecule has 1 aliphatic heterocycles. The van der Waals surface area contributed by atoms with Gasteiger partial charge < -0.3 is 15.9 Å². The fourth-order valence-corrected chi connectivity index (χ4v) is 2.23. The van der Waals surface area contributed by atoms with Crippen LogP contribution in [0.2, 0.25) is 0 Å². The van der Waals surface area contributed by atoms with Crippen molar-refractivity contribution in [2.45, 2.75) is 6.54 Å². The van der Waals surface area contributed by atoms with Crippen molar-refractivity contribution in [1.82, 2.24) is 4.90 Å². The maximum Gasteiger partial charge on any atom is 0.279 e. The third-order valence-corrected chi connectivity index (χ3v) is 3.45. The summed E-state index contributed by atoms with van der Waals surface area (Å²) in [4.78, 5) is 17.9. The van der Waals surface area contributed by atoms with E-state index in [0.717, 1.165) is 11.1 Å². The molecule has 116 valence electrons. The van der Waals surface area contributed by atoms with Gasteiger partial charge in [0.25, 0.3) is 5.91 Å². The average molecular weight is 309 g/mol. The van der Waals surface area contributed by atoms with E-state index in [1.165, 1.54) is 17.0 Å². The number of hydrogen-bond acceptors (Lipinski definition) is 5. The summed E-state index contributed by atoms with van der Waals surface area (Å²) < 4.78 is 0. The predicted octanol–water partition coefficient (Wildman–Crippen LogP) is 1.80. The number of nitrogens with two attached hydrogens (primary N) is 1. The largest absolute Gasteiger partial charge is 0.508 e. The highest BCUT2D eigenvalue weighted by Crippen LogP contribution is 2.21. The lowest BCUT2D eigenvalue weighted by molar-refractivity contribution is -0.123. The van der Waals surface area contributed by atoms with E-state index < -0.39 is 0 Å². The zero-order valence-corrected chi connectivity index (χ0v) is 12.2. The van der Waals surface area contributed by atoms with Crippen LogP contribution in [0.1, 0.15) is 11.1 Å². The quantitative estimate of drug-likeness (QED) is 0.753. The van der Waals surface area contributed by atoms with Crippen LogP contribution in [-0.4, -0.2) is 27.0 Å². The van der Waals surface area contributed by atoms with Crippen LogP contribution in [0, 0.1) is 0 Å². The van der Waals surface area contributed by atoms with Crippen LogP contribution >= 0.6 is 0 Å². The van der Waals surface area contributed by atoms with E-state index in [2.05, 4.69) is 4.99 Å². The lowest BCUT2D eigenvalue weighted by Crippen LogP contribution is -2.36. The number of hydrogen-bond donors (Lipinski definition) is 3. The molecule has 1 aliphatic rings. The molecule has 0 radical (unpaired) electrons. The van der Waals surface area contributed by atoms with Gasteiger partial charge >= 0.3 is 0 Å². The second-order valence-electron chi connectivity index (χ2n) is 5.15. The van der Waals surface area contributed by atoms with E-state index in [1.54, 1.807) is 42.5 Å². The third kappa shape index (κ3) is 3.16. The number of phenols is 2. The molecule has 23 heavy (non-hydrogen) atoms. The van der Waals surface area contributed by atoms with E-state index in [4.69, 9.17) is 5.73 Å². The summed E-state index contributed by atoms with van der Waals surface area (Å²) in [6.45, 7) is 0.279. The van der Waals surface area contributed by atoms with E-state index in [-0.39, 0.29) is 35.6 Å². The zero-order valence-electron chi connectivity index (χ0n) is 12.2. The minimum Gasteiger partial charge on any atom is -0.508 e. The summed E-state index contributed by atoms with van der Waals surface area (Å²) in [5, 5.41) is 18.6. The van der Waals surface area contributed by atoms with Gasteiger partial charge in [-0.05, 0) is 41.5 Å². The van der Waals surface area contributed by atoms with Crippen molar-refractivity contribution in [2.24, 2.45) is 10.7 Å². The Balaban J connectivity index is 1.80. The minimum atomic E-state index is -0.288. The summed E-state index contributed by atoms with van der Waals surface area (Å²) in [6, 6.07) is 13.0. The van der Waals surface area contributed by atoms with E-state index in [0.29, 0.717) is 0 Å². The molecule has 2 aromatic rings. The lowest BCUT2D eigenvalue weighted by Gasteiger charge is -2.15. The highest BCUT2D eigenvalue weighted by atomic mass is 16.3. The van der Waals surface area contributed by atoms with E-state index >= 15 is 0 Å². The van der Waals surface area contributed by atoms with Crippen molar-refractivity contribution in [2.75, 3.05) is 0 Å². The Morgan fingerprint density at radius 1 is 1.00 bits per heavy atom. The Morgan fingerprint density at radius 2 is 1.57 bits per heavy atom. The van der Waals surface area contributed by atoms with E-state index in [9.17, 15) is 15.0 Å². The molecule has 6 nitrogen and oxygen atoms in total. The van der Waals surface area contributed by atoms with Gasteiger partial charge in [0.05, 0.1) is 6.54 Å². The number of amides is 1. The number of rotatable bonds is 3. The molecule has 0 atom stereocenters. The first-order chi connectivity index (χ1) is 11.0. The smallest absolute Gasteiger partial charge is 0.279 e. The first kappa shape index (κ1) is 14.6. The molecule has 0 spiro atoms. The molecule has 2 aromatic carbocycles. The monoisotopic (exact) mass is 309 g/mol. The van der Waals surface area contributed by atoms with Crippen LogP contribution in [0.3, 0.4) is 0 Å². The van der Waals surface area contributed by atoms with Gasteiger partial charge in [-0.1, -0.05) is 24.3 Å². The number of carbonyl (C=O) groups excluding carboxylic acids is 1. The number of aromatic hydroxyl groups is 2. The Bertz CT molecular complexity index is 793. The van der Waals surface area contributed by atoms with Crippen LogP contribution in [0.5, 0.6) is 11.5 Å². The van der Waals surface area contributed by atoms with Gasteiger partial charge in [-0.2, -0.15) is 0 Å². The van der Waals surface area contributed by atoms with Gasteiger partial charge in [-0.15, -0.1) is 0 Å². The number of benzene rings is 2. The van der Waals surface area contributed by atoms with Gasteiger partial charge in [0.2, 0.25) is 5.96 Å². The van der Waals surface area contributed by atoms with E-state index in [1.807, 2.05) is 0 Å². The molecule has 0 unspecified atom stereocenters. The van der Waals surface area contributed by atoms with Crippen molar-refractivity contribution in [3.05, 3.63) is 65.4 Å². The molecule has 1 amide bonds. The van der Waals surface area contributed by atoms with Gasteiger partial charge in [-0.25, -0.2) is 4.99 Å². The number of nitrogens with zero attached hydrogens (tertiary/aromatic N) is 2. The molecule has 4 N–H and O–H groups in total. The number of carbonyl (C=O) groups is 1. The lowest BCUT2D eigenvalue weighted by atomic mass is 10.1. The molecule has 0 aromatic heterocycles.